The minimum Gasteiger partial charge on any atom is -0.339 e. The lowest BCUT2D eigenvalue weighted by molar-refractivity contribution is -0.117. The molecule has 2 aliphatic rings. The number of nitrogens with zero attached hydrogens (tertiary/aromatic N) is 3. The molecule has 1 atom stereocenters. The SMILES string of the molecule is Cc1ccc(C)c(N2C[C@H](c3nc(C4CC4)no3)CC2=O)c1. The van der Waals surface area contributed by atoms with Crippen LogP contribution in [0, 0.1) is 13.8 Å². The summed E-state index contributed by atoms with van der Waals surface area (Å²) in [5, 5.41) is 4.06. The van der Waals surface area contributed by atoms with Crippen LogP contribution in [0.1, 0.15) is 53.9 Å². The van der Waals surface area contributed by atoms with Crippen LogP contribution in [0.15, 0.2) is 22.7 Å². The van der Waals surface area contributed by atoms with Crippen LogP contribution < -0.4 is 4.90 Å². The fraction of sp³-hybridized carbons (Fsp3) is 0.471. The van der Waals surface area contributed by atoms with E-state index >= 15 is 0 Å². The molecule has 1 saturated heterocycles. The van der Waals surface area contributed by atoms with Gasteiger partial charge in [-0.05, 0) is 43.9 Å². The standard InChI is InChI=1S/C17H19N3O2/c1-10-3-4-11(2)14(7-10)20-9-13(8-15(20)21)17-18-16(19-22-17)12-5-6-12/h3-4,7,12-13H,5-6,8-9H2,1-2H3/t13-/m1/s1. The van der Waals surface area contributed by atoms with E-state index in [-0.39, 0.29) is 11.8 Å². The van der Waals surface area contributed by atoms with E-state index in [2.05, 4.69) is 28.3 Å². The highest BCUT2D eigenvalue weighted by Gasteiger charge is 2.37. The molecule has 0 spiro atoms. The maximum atomic E-state index is 12.4. The molecule has 1 aliphatic heterocycles. The number of aromatic nitrogens is 2. The van der Waals surface area contributed by atoms with Gasteiger partial charge >= 0.3 is 0 Å². The van der Waals surface area contributed by atoms with Crippen LogP contribution in [0.25, 0.3) is 0 Å². The lowest BCUT2D eigenvalue weighted by atomic mass is 10.1. The maximum Gasteiger partial charge on any atom is 0.232 e. The van der Waals surface area contributed by atoms with Gasteiger partial charge in [0.1, 0.15) is 0 Å². The summed E-state index contributed by atoms with van der Waals surface area (Å²) in [5.41, 5.74) is 3.27. The van der Waals surface area contributed by atoms with Crippen LogP contribution in [-0.4, -0.2) is 22.6 Å². The molecule has 1 aliphatic carbocycles. The van der Waals surface area contributed by atoms with Gasteiger partial charge in [-0.25, -0.2) is 0 Å². The third-order valence-corrected chi connectivity index (χ3v) is 4.53. The Hall–Kier alpha value is -2.17. The van der Waals surface area contributed by atoms with Crippen molar-refractivity contribution in [1.82, 2.24) is 10.1 Å². The summed E-state index contributed by atoms with van der Waals surface area (Å²) < 4.78 is 5.40. The molecule has 5 heteroatoms. The number of carbonyl (C=O) groups excluding carboxylic acids is 1. The topological polar surface area (TPSA) is 59.2 Å². The first-order valence-corrected chi connectivity index (χ1v) is 7.83. The highest BCUT2D eigenvalue weighted by molar-refractivity contribution is 5.97. The number of hydrogen-bond acceptors (Lipinski definition) is 4. The molecular weight excluding hydrogens is 278 g/mol. The van der Waals surface area contributed by atoms with Gasteiger partial charge < -0.3 is 9.42 Å². The first-order chi connectivity index (χ1) is 10.6. The first kappa shape index (κ1) is 13.5. The molecule has 114 valence electrons. The van der Waals surface area contributed by atoms with Gasteiger partial charge in [-0.2, -0.15) is 4.98 Å². The third-order valence-electron chi connectivity index (χ3n) is 4.53. The summed E-state index contributed by atoms with van der Waals surface area (Å²) in [6, 6.07) is 6.19. The van der Waals surface area contributed by atoms with Crippen molar-refractivity contribution >= 4 is 11.6 Å². The predicted octanol–water partition coefficient (Wildman–Crippen LogP) is 3.08. The van der Waals surface area contributed by atoms with Crippen LogP contribution in [-0.2, 0) is 4.79 Å². The predicted molar refractivity (Wildman–Crippen MR) is 81.9 cm³/mol. The van der Waals surface area contributed by atoms with Gasteiger partial charge in [0.2, 0.25) is 11.8 Å². The second-order valence-electron chi connectivity index (χ2n) is 6.46. The molecule has 2 aromatic rings. The lowest BCUT2D eigenvalue weighted by Crippen LogP contribution is -2.25. The Morgan fingerprint density at radius 1 is 1.23 bits per heavy atom. The van der Waals surface area contributed by atoms with Crippen LogP contribution in [0.3, 0.4) is 0 Å². The zero-order valence-electron chi connectivity index (χ0n) is 12.9. The van der Waals surface area contributed by atoms with E-state index in [0.29, 0.717) is 24.8 Å². The van der Waals surface area contributed by atoms with Crippen molar-refractivity contribution in [3.05, 3.63) is 41.0 Å². The average molecular weight is 297 g/mol. The Labute approximate surface area is 129 Å². The van der Waals surface area contributed by atoms with E-state index in [0.717, 1.165) is 35.5 Å². The van der Waals surface area contributed by atoms with Crippen LogP contribution in [0.5, 0.6) is 0 Å². The van der Waals surface area contributed by atoms with E-state index in [4.69, 9.17) is 4.52 Å². The third kappa shape index (κ3) is 2.30. The Kier molecular flexibility index (Phi) is 3.03. The zero-order valence-corrected chi connectivity index (χ0v) is 12.9. The Balaban J connectivity index is 1.58. The number of anilines is 1. The van der Waals surface area contributed by atoms with E-state index in [1.807, 2.05) is 18.7 Å². The van der Waals surface area contributed by atoms with Crippen molar-refractivity contribution in [2.75, 3.05) is 11.4 Å². The Morgan fingerprint density at radius 3 is 2.82 bits per heavy atom. The average Bonchev–Trinajstić information content (AvgIpc) is 3.10. The molecule has 2 heterocycles. The molecular formula is C17H19N3O2. The second kappa shape index (κ2) is 4.93. The molecule has 0 N–H and O–H groups in total. The van der Waals surface area contributed by atoms with Gasteiger partial charge in [0.15, 0.2) is 5.82 Å². The minimum absolute atomic E-state index is 0.00686. The van der Waals surface area contributed by atoms with Crippen LogP contribution >= 0.6 is 0 Å². The van der Waals surface area contributed by atoms with Gasteiger partial charge in [0.05, 0.1) is 5.92 Å². The van der Waals surface area contributed by atoms with Crippen molar-refractivity contribution in [1.29, 1.82) is 0 Å². The number of carbonyl (C=O) groups is 1. The molecule has 0 bridgehead atoms. The van der Waals surface area contributed by atoms with Crippen LogP contribution in [0.2, 0.25) is 0 Å². The lowest BCUT2D eigenvalue weighted by Gasteiger charge is -2.19. The fourth-order valence-corrected chi connectivity index (χ4v) is 3.04. The summed E-state index contributed by atoms with van der Waals surface area (Å²) in [6.45, 7) is 4.70. The monoisotopic (exact) mass is 297 g/mol. The fourth-order valence-electron chi connectivity index (χ4n) is 3.04. The molecule has 0 unspecified atom stereocenters. The molecule has 4 rings (SSSR count). The number of aryl methyl sites for hydroxylation is 2. The summed E-state index contributed by atoms with van der Waals surface area (Å²) in [4.78, 5) is 18.8. The quantitative estimate of drug-likeness (QED) is 0.873. The molecule has 2 fully saturated rings. The van der Waals surface area contributed by atoms with Crippen molar-refractivity contribution in [2.45, 2.75) is 44.9 Å². The van der Waals surface area contributed by atoms with Crippen molar-refractivity contribution < 1.29 is 9.32 Å². The normalized spacial score (nSPS) is 21.6. The summed E-state index contributed by atoms with van der Waals surface area (Å²) in [5.74, 6) is 2.04. The molecule has 1 aromatic heterocycles. The highest BCUT2D eigenvalue weighted by Crippen LogP contribution is 2.39. The zero-order chi connectivity index (χ0) is 15.3. The molecule has 22 heavy (non-hydrogen) atoms. The van der Waals surface area contributed by atoms with E-state index in [1.54, 1.807) is 0 Å². The second-order valence-corrected chi connectivity index (χ2v) is 6.46. The molecule has 1 saturated carbocycles. The minimum atomic E-state index is 0.00686. The van der Waals surface area contributed by atoms with E-state index in [9.17, 15) is 4.79 Å². The van der Waals surface area contributed by atoms with Gasteiger partial charge in [-0.3, -0.25) is 4.79 Å². The molecule has 1 amide bonds. The van der Waals surface area contributed by atoms with Gasteiger partial charge in [-0.1, -0.05) is 17.3 Å². The maximum absolute atomic E-state index is 12.4. The van der Waals surface area contributed by atoms with Crippen molar-refractivity contribution in [3.63, 3.8) is 0 Å². The number of hydrogen-bond donors (Lipinski definition) is 0. The van der Waals surface area contributed by atoms with Crippen LogP contribution in [0.4, 0.5) is 5.69 Å². The van der Waals surface area contributed by atoms with Crippen molar-refractivity contribution in [2.24, 2.45) is 0 Å². The smallest absolute Gasteiger partial charge is 0.232 e. The Morgan fingerprint density at radius 2 is 2.05 bits per heavy atom. The molecule has 5 nitrogen and oxygen atoms in total. The summed E-state index contributed by atoms with van der Waals surface area (Å²) >= 11 is 0. The number of amides is 1. The summed E-state index contributed by atoms with van der Waals surface area (Å²) in [7, 11) is 0. The van der Waals surface area contributed by atoms with E-state index < -0.39 is 0 Å². The first-order valence-electron chi connectivity index (χ1n) is 7.83. The van der Waals surface area contributed by atoms with Gasteiger partial charge in [0.25, 0.3) is 0 Å². The number of rotatable bonds is 3. The number of benzene rings is 1. The molecule has 1 aromatic carbocycles. The largest absolute Gasteiger partial charge is 0.339 e. The summed E-state index contributed by atoms with van der Waals surface area (Å²) in [6.07, 6.45) is 2.74. The van der Waals surface area contributed by atoms with E-state index in [1.165, 1.54) is 0 Å². The van der Waals surface area contributed by atoms with Gasteiger partial charge in [-0.15, -0.1) is 0 Å². The highest BCUT2D eigenvalue weighted by atomic mass is 16.5. The molecule has 0 radical (unpaired) electrons. The van der Waals surface area contributed by atoms with Crippen molar-refractivity contribution in [3.8, 4) is 0 Å². The Bertz CT molecular complexity index is 733. The van der Waals surface area contributed by atoms with Gasteiger partial charge in [0, 0.05) is 24.6 Å².